The lowest BCUT2D eigenvalue weighted by atomic mass is 10.2. The number of nitrogens with zero attached hydrogens (tertiary/aromatic N) is 2. The summed E-state index contributed by atoms with van der Waals surface area (Å²) in [4.78, 5) is 4.18. The zero-order valence-corrected chi connectivity index (χ0v) is 10.0. The molecule has 0 spiro atoms. The van der Waals surface area contributed by atoms with Gasteiger partial charge in [-0.3, -0.25) is 0 Å². The number of thioether (sulfide) groups is 1. The van der Waals surface area contributed by atoms with Crippen molar-refractivity contribution in [2.75, 3.05) is 5.75 Å². The third kappa shape index (κ3) is 2.75. The SMILES string of the molecule is CC(N)c1cncn1CC1CCCCS1. The van der Waals surface area contributed by atoms with Gasteiger partial charge in [-0.1, -0.05) is 6.42 Å². The Morgan fingerprint density at radius 3 is 3.20 bits per heavy atom. The van der Waals surface area contributed by atoms with Crippen molar-refractivity contribution < 1.29 is 0 Å². The van der Waals surface area contributed by atoms with Gasteiger partial charge in [0.25, 0.3) is 0 Å². The molecule has 0 radical (unpaired) electrons. The summed E-state index contributed by atoms with van der Waals surface area (Å²) in [7, 11) is 0. The van der Waals surface area contributed by atoms with Crippen molar-refractivity contribution in [3.05, 3.63) is 18.2 Å². The van der Waals surface area contributed by atoms with Crippen LogP contribution in [0.5, 0.6) is 0 Å². The second-order valence-corrected chi connectivity index (χ2v) is 5.66. The van der Waals surface area contributed by atoms with Crippen molar-refractivity contribution in [1.82, 2.24) is 9.55 Å². The second-order valence-electron chi connectivity index (χ2n) is 4.25. The molecular formula is C11H19N3S. The Hall–Kier alpha value is -0.480. The third-order valence-electron chi connectivity index (χ3n) is 2.89. The summed E-state index contributed by atoms with van der Waals surface area (Å²) in [6.07, 6.45) is 7.89. The number of rotatable bonds is 3. The molecule has 2 N–H and O–H groups in total. The first-order chi connectivity index (χ1) is 7.27. The zero-order chi connectivity index (χ0) is 10.7. The smallest absolute Gasteiger partial charge is 0.0949 e. The van der Waals surface area contributed by atoms with Gasteiger partial charge in [0.15, 0.2) is 0 Å². The first kappa shape index (κ1) is 11.0. The molecule has 1 aliphatic heterocycles. The predicted molar refractivity (Wildman–Crippen MR) is 64.9 cm³/mol. The number of aromatic nitrogens is 2. The first-order valence-electron chi connectivity index (χ1n) is 5.64. The van der Waals surface area contributed by atoms with E-state index in [-0.39, 0.29) is 6.04 Å². The van der Waals surface area contributed by atoms with Crippen LogP contribution in [-0.4, -0.2) is 20.6 Å². The van der Waals surface area contributed by atoms with Crippen LogP contribution in [0.1, 0.15) is 37.9 Å². The summed E-state index contributed by atoms with van der Waals surface area (Å²) in [5.41, 5.74) is 7.05. The summed E-state index contributed by atoms with van der Waals surface area (Å²) in [5.74, 6) is 1.31. The fourth-order valence-electron chi connectivity index (χ4n) is 2.03. The van der Waals surface area contributed by atoms with Gasteiger partial charge in [0.2, 0.25) is 0 Å². The minimum absolute atomic E-state index is 0.0843. The van der Waals surface area contributed by atoms with Crippen molar-refractivity contribution in [3.63, 3.8) is 0 Å². The van der Waals surface area contributed by atoms with E-state index in [1.165, 1.54) is 25.0 Å². The molecule has 0 aromatic carbocycles. The maximum absolute atomic E-state index is 5.90. The number of nitrogens with two attached hydrogens (primary N) is 1. The lowest BCUT2D eigenvalue weighted by Gasteiger charge is -2.23. The van der Waals surface area contributed by atoms with Gasteiger partial charge < -0.3 is 10.3 Å². The molecule has 2 rings (SSSR count). The fraction of sp³-hybridized carbons (Fsp3) is 0.727. The lowest BCUT2D eigenvalue weighted by molar-refractivity contribution is 0.557. The van der Waals surface area contributed by atoms with Gasteiger partial charge in [-0.25, -0.2) is 4.98 Å². The largest absolute Gasteiger partial charge is 0.332 e. The van der Waals surface area contributed by atoms with Crippen molar-refractivity contribution >= 4 is 11.8 Å². The van der Waals surface area contributed by atoms with Gasteiger partial charge in [0.05, 0.1) is 12.0 Å². The first-order valence-corrected chi connectivity index (χ1v) is 6.69. The minimum atomic E-state index is 0.0843. The highest BCUT2D eigenvalue weighted by Gasteiger charge is 2.16. The van der Waals surface area contributed by atoms with E-state index in [0.29, 0.717) is 0 Å². The summed E-state index contributed by atoms with van der Waals surface area (Å²) in [5, 5.41) is 0.755. The van der Waals surface area contributed by atoms with Crippen LogP contribution in [0.3, 0.4) is 0 Å². The molecule has 0 amide bonds. The number of hydrogen-bond donors (Lipinski definition) is 1. The van der Waals surface area contributed by atoms with Crippen LogP contribution in [0.25, 0.3) is 0 Å². The van der Waals surface area contributed by atoms with E-state index in [9.17, 15) is 0 Å². The van der Waals surface area contributed by atoms with E-state index in [4.69, 9.17) is 5.73 Å². The van der Waals surface area contributed by atoms with E-state index >= 15 is 0 Å². The fourth-order valence-corrected chi connectivity index (χ4v) is 3.34. The summed E-state index contributed by atoms with van der Waals surface area (Å²) < 4.78 is 2.22. The van der Waals surface area contributed by atoms with Crippen LogP contribution in [0.2, 0.25) is 0 Å². The average Bonchev–Trinajstić information content (AvgIpc) is 2.67. The van der Waals surface area contributed by atoms with Crippen LogP contribution < -0.4 is 5.73 Å². The summed E-state index contributed by atoms with van der Waals surface area (Å²) >= 11 is 2.09. The number of hydrogen-bond acceptors (Lipinski definition) is 3. The molecule has 0 saturated carbocycles. The minimum Gasteiger partial charge on any atom is -0.332 e. The van der Waals surface area contributed by atoms with E-state index in [2.05, 4.69) is 21.3 Å². The molecule has 1 fully saturated rings. The Morgan fingerprint density at radius 2 is 2.53 bits per heavy atom. The molecule has 2 heterocycles. The van der Waals surface area contributed by atoms with E-state index < -0.39 is 0 Å². The highest BCUT2D eigenvalue weighted by molar-refractivity contribution is 7.99. The van der Waals surface area contributed by atoms with Gasteiger partial charge in [0, 0.05) is 24.0 Å². The molecule has 2 unspecified atom stereocenters. The molecule has 84 valence electrons. The molecule has 1 saturated heterocycles. The Bertz CT molecular complexity index is 303. The molecule has 1 aliphatic rings. The van der Waals surface area contributed by atoms with Gasteiger partial charge in [-0.05, 0) is 25.5 Å². The Morgan fingerprint density at radius 1 is 1.67 bits per heavy atom. The van der Waals surface area contributed by atoms with Gasteiger partial charge in [-0.15, -0.1) is 0 Å². The van der Waals surface area contributed by atoms with Gasteiger partial charge in [-0.2, -0.15) is 11.8 Å². The normalized spacial score (nSPS) is 24.0. The highest BCUT2D eigenvalue weighted by atomic mass is 32.2. The Labute approximate surface area is 95.4 Å². The lowest BCUT2D eigenvalue weighted by Crippen LogP contribution is -2.20. The van der Waals surface area contributed by atoms with Crippen LogP contribution in [-0.2, 0) is 6.54 Å². The molecule has 3 nitrogen and oxygen atoms in total. The average molecular weight is 225 g/mol. The van der Waals surface area contributed by atoms with Crippen LogP contribution in [0.15, 0.2) is 12.5 Å². The molecule has 0 bridgehead atoms. The standard InChI is InChI=1S/C11H19N3S/c1-9(12)11-6-13-8-14(11)7-10-4-2-3-5-15-10/h6,8-10H,2-5,7,12H2,1H3. The van der Waals surface area contributed by atoms with E-state index in [0.717, 1.165) is 17.5 Å². The topological polar surface area (TPSA) is 43.8 Å². The quantitative estimate of drug-likeness (QED) is 0.857. The maximum atomic E-state index is 5.90. The molecule has 15 heavy (non-hydrogen) atoms. The molecule has 2 atom stereocenters. The number of imidazole rings is 1. The monoisotopic (exact) mass is 225 g/mol. The summed E-state index contributed by atoms with van der Waals surface area (Å²) in [6.45, 7) is 3.09. The molecule has 1 aromatic heterocycles. The van der Waals surface area contributed by atoms with Gasteiger partial charge in [0.1, 0.15) is 0 Å². The van der Waals surface area contributed by atoms with E-state index in [1.54, 1.807) is 0 Å². The zero-order valence-electron chi connectivity index (χ0n) is 9.22. The van der Waals surface area contributed by atoms with E-state index in [1.807, 2.05) is 19.4 Å². The molecule has 1 aromatic rings. The predicted octanol–water partition coefficient (Wildman–Crippen LogP) is 2.19. The second kappa shape index (κ2) is 5.03. The van der Waals surface area contributed by atoms with Crippen LogP contribution >= 0.6 is 11.8 Å². The molecular weight excluding hydrogens is 206 g/mol. The van der Waals surface area contributed by atoms with Crippen LogP contribution in [0, 0.1) is 0 Å². The third-order valence-corrected chi connectivity index (χ3v) is 4.27. The highest BCUT2D eigenvalue weighted by Crippen LogP contribution is 2.27. The molecule has 4 heteroatoms. The van der Waals surface area contributed by atoms with Crippen molar-refractivity contribution in [2.45, 2.75) is 44.0 Å². The van der Waals surface area contributed by atoms with Crippen molar-refractivity contribution in [2.24, 2.45) is 5.73 Å². The van der Waals surface area contributed by atoms with Crippen molar-refractivity contribution in [1.29, 1.82) is 0 Å². The molecule has 0 aliphatic carbocycles. The Kier molecular flexibility index (Phi) is 3.70. The Balaban J connectivity index is 1.99. The summed E-state index contributed by atoms with van der Waals surface area (Å²) in [6, 6.07) is 0.0843. The van der Waals surface area contributed by atoms with Crippen LogP contribution in [0.4, 0.5) is 0 Å². The maximum Gasteiger partial charge on any atom is 0.0949 e. The van der Waals surface area contributed by atoms with Crippen molar-refractivity contribution in [3.8, 4) is 0 Å². The van der Waals surface area contributed by atoms with Gasteiger partial charge >= 0.3 is 0 Å².